The van der Waals surface area contributed by atoms with E-state index in [9.17, 15) is 17.2 Å². The lowest BCUT2D eigenvalue weighted by Crippen LogP contribution is -2.15. The van der Waals surface area contributed by atoms with Gasteiger partial charge in [0.2, 0.25) is 0 Å². The van der Waals surface area contributed by atoms with Crippen molar-refractivity contribution in [1.29, 1.82) is 0 Å². The number of ether oxygens (including phenoxy) is 2. The monoisotopic (exact) mass is 346 g/mol. The summed E-state index contributed by atoms with van der Waals surface area (Å²) in [4.78, 5) is -0.116. The minimum atomic E-state index is -3.88. The highest BCUT2D eigenvalue weighted by Gasteiger charge is 2.26. The van der Waals surface area contributed by atoms with Gasteiger partial charge in [-0.3, -0.25) is 4.68 Å². The van der Waals surface area contributed by atoms with E-state index < -0.39 is 28.6 Å². The highest BCUT2D eigenvalue weighted by Crippen LogP contribution is 2.35. The first kappa shape index (κ1) is 17.2. The average molecular weight is 346 g/mol. The van der Waals surface area contributed by atoms with E-state index in [2.05, 4.69) is 5.10 Å². The number of sulfone groups is 1. The first-order valence-electron chi connectivity index (χ1n) is 6.61. The number of halogens is 2. The first-order chi connectivity index (χ1) is 10.9. The molecular weight excluding hydrogens is 330 g/mol. The van der Waals surface area contributed by atoms with Crippen molar-refractivity contribution in [2.45, 2.75) is 23.6 Å². The minimum Gasteiger partial charge on any atom is -0.495 e. The zero-order valence-electron chi connectivity index (χ0n) is 12.6. The molecule has 23 heavy (non-hydrogen) atoms. The van der Waals surface area contributed by atoms with Gasteiger partial charge in [-0.15, -0.1) is 0 Å². The van der Waals surface area contributed by atoms with E-state index in [-0.39, 0.29) is 22.1 Å². The molecule has 0 saturated heterocycles. The number of methoxy groups -OCH3 is 2. The van der Waals surface area contributed by atoms with Crippen LogP contribution in [-0.4, -0.2) is 38.8 Å². The summed E-state index contributed by atoms with van der Waals surface area (Å²) >= 11 is 0. The van der Waals surface area contributed by atoms with Gasteiger partial charge in [0, 0.05) is 6.20 Å². The van der Waals surface area contributed by atoms with Crippen LogP contribution in [0.1, 0.15) is 5.69 Å². The largest absolute Gasteiger partial charge is 0.495 e. The Balaban J connectivity index is 2.43. The molecule has 9 heteroatoms. The molecule has 126 valence electrons. The van der Waals surface area contributed by atoms with Gasteiger partial charge in [0.25, 0.3) is 6.43 Å². The standard InChI is InChI=1S/C14H16F2N2O4S/c1-21-11-4-3-5-12(22-2)14(11)23(19,20)9-10-6-7-17-18(10)8-13(15)16/h3-7,13H,8-9H2,1-2H3. The van der Waals surface area contributed by atoms with Crippen molar-refractivity contribution in [1.82, 2.24) is 9.78 Å². The fourth-order valence-corrected chi connectivity index (χ4v) is 3.86. The maximum atomic E-state index is 12.7. The van der Waals surface area contributed by atoms with Crippen LogP contribution in [0.5, 0.6) is 11.5 Å². The van der Waals surface area contributed by atoms with E-state index in [1.165, 1.54) is 38.6 Å². The Morgan fingerprint density at radius 3 is 2.30 bits per heavy atom. The Labute approximate surface area is 132 Å². The summed E-state index contributed by atoms with van der Waals surface area (Å²) in [5.74, 6) is -0.232. The highest BCUT2D eigenvalue weighted by atomic mass is 32.2. The zero-order valence-corrected chi connectivity index (χ0v) is 13.4. The van der Waals surface area contributed by atoms with Crippen LogP contribution in [0.3, 0.4) is 0 Å². The molecular formula is C14H16F2N2O4S. The molecule has 0 bridgehead atoms. The molecule has 0 N–H and O–H groups in total. The number of hydrogen-bond donors (Lipinski definition) is 0. The lowest BCUT2D eigenvalue weighted by atomic mass is 10.3. The molecule has 1 aromatic heterocycles. The average Bonchev–Trinajstić information content (AvgIpc) is 2.91. The second-order valence-electron chi connectivity index (χ2n) is 4.65. The van der Waals surface area contributed by atoms with E-state index in [1.54, 1.807) is 6.07 Å². The molecule has 0 unspecified atom stereocenters. The molecule has 0 aliphatic heterocycles. The SMILES string of the molecule is COc1cccc(OC)c1S(=O)(=O)Cc1ccnn1CC(F)F. The number of alkyl halides is 2. The number of hydrogen-bond acceptors (Lipinski definition) is 5. The Hall–Kier alpha value is -2.16. The third-order valence-corrected chi connectivity index (χ3v) is 4.85. The minimum absolute atomic E-state index is 0.116. The van der Waals surface area contributed by atoms with Gasteiger partial charge in [-0.1, -0.05) is 6.07 Å². The van der Waals surface area contributed by atoms with Gasteiger partial charge in [0.15, 0.2) is 14.7 Å². The summed E-state index contributed by atoms with van der Waals surface area (Å²) in [5, 5.41) is 3.73. The second-order valence-corrected chi connectivity index (χ2v) is 6.57. The Morgan fingerprint density at radius 1 is 1.17 bits per heavy atom. The van der Waals surface area contributed by atoms with Crippen LogP contribution in [-0.2, 0) is 22.1 Å². The van der Waals surface area contributed by atoms with E-state index in [0.29, 0.717) is 0 Å². The van der Waals surface area contributed by atoms with Gasteiger partial charge < -0.3 is 9.47 Å². The van der Waals surface area contributed by atoms with Gasteiger partial charge in [0.1, 0.15) is 18.0 Å². The predicted molar refractivity (Wildman–Crippen MR) is 78.7 cm³/mol. The Morgan fingerprint density at radius 2 is 1.78 bits per heavy atom. The molecule has 2 rings (SSSR count). The number of benzene rings is 1. The molecule has 1 aromatic carbocycles. The van der Waals surface area contributed by atoms with Crippen LogP contribution in [0.15, 0.2) is 35.4 Å². The van der Waals surface area contributed by atoms with Gasteiger partial charge in [-0.05, 0) is 18.2 Å². The van der Waals surface area contributed by atoms with Gasteiger partial charge in [0.05, 0.1) is 25.7 Å². The summed E-state index contributed by atoms with van der Waals surface area (Å²) in [7, 11) is -1.20. The van der Waals surface area contributed by atoms with Crippen LogP contribution < -0.4 is 9.47 Å². The summed E-state index contributed by atoms with van der Waals surface area (Å²) in [6.45, 7) is -0.666. The van der Waals surface area contributed by atoms with Crippen molar-refractivity contribution in [2.75, 3.05) is 14.2 Å². The maximum absolute atomic E-state index is 12.7. The Bertz CT molecular complexity index is 753. The number of rotatable bonds is 7. The van der Waals surface area contributed by atoms with Crippen molar-refractivity contribution in [3.05, 3.63) is 36.2 Å². The third kappa shape index (κ3) is 3.79. The lowest BCUT2D eigenvalue weighted by Gasteiger charge is -2.14. The molecule has 1 heterocycles. The topological polar surface area (TPSA) is 70.4 Å². The van der Waals surface area contributed by atoms with Crippen LogP contribution in [0.4, 0.5) is 8.78 Å². The molecule has 0 saturated carbocycles. The van der Waals surface area contributed by atoms with E-state index >= 15 is 0 Å². The van der Waals surface area contributed by atoms with E-state index in [1.807, 2.05) is 0 Å². The summed E-state index contributed by atoms with van der Waals surface area (Å²) in [5.41, 5.74) is 0.165. The van der Waals surface area contributed by atoms with E-state index in [4.69, 9.17) is 9.47 Å². The number of aromatic nitrogens is 2. The molecule has 0 aliphatic rings. The van der Waals surface area contributed by atoms with Crippen LogP contribution in [0.2, 0.25) is 0 Å². The quantitative estimate of drug-likeness (QED) is 0.768. The predicted octanol–water partition coefficient (Wildman–Crippen LogP) is 2.14. The molecule has 2 aromatic rings. The molecule has 0 atom stereocenters. The summed E-state index contributed by atoms with van der Waals surface area (Å²) < 4.78 is 61.6. The maximum Gasteiger partial charge on any atom is 0.257 e. The molecule has 0 amide bonds. The third-order valence-electron chi connectivity index (χ3n) is 3.15. The van der Waals surface area contributed by atoms with Crippen molar-refractivity contribution in [3.8, 4) is 11.5 Å². The van der Waals surface area contributed by atoms with Crippen LogP contribution >= 0.6 is 0 Å². The van der Waals surface area contributed by atoms with Gasteiger partial charge in [-0.25, -0.2) is 17.2 Å². The van der Waals surface area contributed by atoms with Crippen molar-refractivity contribution in [2.24, 2.45) is 0 Å². The second kappa shape index (κ2) is 6.95. The number of nitrogens with zero attached hydrogens (tertiary/aromatic N) is 2. The summed E-state index contributed by atoms with van der Waals surface area (Å²) in [6.07, 6.45) is -1.34. The lowest BCUT2D eigenvalue weighted by molar-refractivity contribution is 0.121. The smallest absolute Gasteiger partial charge is 0.257 e. The van der Waals surface area contributed by atoms with Crippen LogP contribution in [0, 0.1) is 0 Å². The molecule has 0 spiro atoms. The zero-order chi connectivity index (χ0) is 17.0. The van der Waals surface area contributed by atoms with Gasteiger partial charge in [-0.2, -0.15) is 5.10 Å². The van der Waals surface area contributed by atoms with Crippen LogP contribution in [0.25, 0.3) is 0 Å². The fourth-order valence-electron chi connectivity index (χ4n) is 2.17. The fraction of sp³-hybridized carbons (Fsp3) is 0.357. The van der Waals surface area contributed by atoms with E-state index in [0.717, 1.165) is 4.68 Å². The molecule has 0 fully saturated rings. The Kier molecular flexibility index (Phi) is 5.19. The van der Waals surface area contributed by atoms with Crippen molar-refractivity contribution in [3.63, 3.8) is 0 Å². The normalized spacial score (nSPS) is 11.7. The molecule has 0 radical (unpaired) electrons. The van der Waals surface area contributed by atoms with Crippen molar-refractivity contribution >= 4 is 9.84 Å². The highest BCUT2D eigenvalue weighted by molar-refractivity contribution is 7.90. The molecule has 6 nitrogen and oxygen atoms in total. The van der Waals surface area contributed by atoms with Gasteiger partial charge >= 0.3 is 0 Å². The summed E-state index contributed by atoms with van der Waals surface area (Å²) in [6, 6.07) is 5.97. The first-order valence-corrected chi connectivity index (χ1v) is 8.27. The van der Waals surface area contributed by atoms with Crippen molar-refractivity contribution < 1.29 is 26.7 Å². The molecule has 0 aliphatic carbocycles.